The Balaban J connectivity index is 0.00000220. The zero-order valence-corrected chi connectivity index (χ0v) is 13.3. The smallest absolute Gasteiger partial charge is 0.314 e. The summed E-state index contributed by atoms with van der Waals surface area (Å²) in [7, 11) is 0. The lowest BCUT2D eigenvalue weighted by Crippen LogP contribution is -2.44. The third-order valence-corrected chi connectivity index (χ3v) is 3.41. The average Bonchev–Trinajstić information content (AvgIpc) is 2.41. The van der Waals surface area contributed by atoms with Crippen molar-refractivity contribution >= 4 is 24.8 Å². The minimum atomic E-state index is -4.53. The number of halogens is 6. The Hall–Kier alpha value is -0.820. The molecule has 1 aliphatic heterocycles. The number of nitrogens with one attached hydrogen (secondary N) is 1. The molecule has 0 unspecified atom stereocenters. The molecule has 2 rings (SSSR count). The summed E-state index contributed by atoms with van der Waals surface area (Å²) in [6.45, 7) is 6.63. The minimum Gasteiger partial charge on any atom is -0.314 e. The van der Waals surface area contributed by atoms with Gasteiger partial charge in [0.1, 0.15) is 5.82 Å². The maximum absolute atomic E-state index is 14.0. The molecule has 1 atom stereocenters. The molecule has 8 heteroatoms. The summed E-state index contributed by atoms with van der Waals surface area (Å²) in [5, 5.41) is 3.17. The monoisotopic (exact) mass is 360 g/mol. The fourth-order valence-corrected chi connectivity index (χ4v) is 2.38. The molecule has 0 aromatic heterocycles. The normalized spacial score (nSPS) is 17.1. The third kappa shape index (κ3) is 4.84. The van der Waals surface area contributed by atoms with Gasteiger partial charge in [0.15, 0.2) is 0 Å². The largest absolute Gasteiger partial charge is 0.416 e. The molecule has 0 radical (unpaired) electrons. The van der Waals surface area contributed by atoms with Crippen LogP contribution in [-0.4, -0.2) is 31.1 Å². The highest BCUT2D eigenvalue weighted by Crippen LogP contribution is 2.32. The lowest BCUT2D eigenvalue weighted by Gasteiger charge is -2.33. The Morgan fingerprint density at radius 3 is 2.23 bits per heavy atom. The Morgan fingerprint density at radius 2 is 1.77 bits per heavy atom. The highest BCUT2D eigenvalue weighted by molar-refractivity contribution is 5.85. The van der Waals surface area contributed by atoms with E-state index >= 15 is 0 Å². The summed E-state index contributed by atoms with van der Waals surface area (Å²) in [6, 6.07) is 2.26. The molecule has 1 aliphatic rings. The van der Waals surface area contributed by atoms with Gasteiger partial charge in [0, 0.05) is 31.7 Å². The van der Waals surface area contributed by atoms with Gasteiger partial charge in [-0.25, -0.2) is 4.39 Å². The van der Waals surface area contributed by atoms with E-state index in [1.807, 2.05) is 4.90 Å². The topological polar surface area (TPSA) is 15.3 Å². The maximum atomic E-state index is 14.0. The van der Waals surface area contributed by atoms with Gasteiger partial charge in [-0.3, -0.25) is 4.90 Å². The van der Waals surface area contributed by atoms with Crippen LogP contribution in [0.15, 0.2) is 30.9 Å². The van der Waals surface area contributed by atoms with Gasteiger partial charge in [-0.15, -0.1) is 31.4 Å². The first-order valence-electron chi connectivity index (χ1n) is 6.37. The van der Waals surface area contributed by atoms with E-state index in [0.717, 1.165) is 19.2 Å². The summed E-state index contributed by atoms with van der Waals surface area (Å²) in [5.74, 6) is -0.844. The van der Waals surface area contributed by atoms with Crippen molar-refractivity contribution in [2.45, 2.75) is 12.2 Å². The Kier molecular flexibility index (Phi) is 8.39. The number of benzene rings is 1. The van der Waals surface area contributed by atoms with Crippen LogP contribution in [0.4, 0.5) is 17.6 Å². The number of piperazine rings is 1. The quantitative estimate of drug-likeness (QED) is 0.651. The van der Waals surface area contributed by atoms with Gasteiger partial charge in [0.05, 0.1) is 11.6 Å². The predicted octanol–water partition coefficient (Wildman–Crippen LogP) is 3.82. The highest BCUT2D eigenvalue weighted by atomic mass is 35.5. The first-order chi connectivity index (χ1) is 9.43. The van der Waals surface area contributed by atoms with E-state index in [4.69, 9.17) is 0 Å². The van der Waals surface area contributed by atoms with E-state index in [1.54, 1.807) is 6.08 Å². The van der Waals surface area contributed by atoms with Gasteiger partial charge in [-0.2, -0.15) is 13.2 Å². The summed E-state index contributed by atoms with van der Waals surface area (Å²) in [6.07, 6.45) is -2.96. The Labute approximate surface area is 139 Å². The van der Waals surface area contributed by atoms with Crippen molar-refractivity contribution in [2.24, 2.45) is 0 Å². The van der Waals surface area contributed by atoms with E-state index in [-0.39, 0.29) is 30.4 Å². The molecule has 1 heterocycles. The van der Waals surface area contributed by atoms with E-state index in [1.165, 1.54) is 6.07 Å². The molecule has 1 aromatic carbocycles. The molecule has 0 spiro atoms. The molecule has 1 N–H and O–H groups in total. The molecule has 0 aliphatic carbocycles. The summed E-state index contributed by atoms with van der Waals surface area (Å²) in [5.41, 5.74) is -0.739. The van der Waals surface area contributed by atoms with Crippen LogP contribution in [0.1, 0.15) is 17.2 Å². The lowest BCUT2D eigenvalue weighted by molar-refractivity contribution is -0.137. The van der Waals surface area contributed by atoms with Crippen LogP contribution in [0.3, 0.4) is 0 Å². The van der Waals surface area contributed by atoms with Gasteiger partial charge < -0.3 is 5.32 Å². The molecule has 1 aromatic rings. The second kappa shape index (κ2) is 8.72. The number of hydrogen-bond acceptors (Lipinski definition) is 2. The molecule has 0 amide bonds. The van der Waals surface area contributed by atoms with Crippen molar-refractivity contribution in [3.05, 3.63) is 47.8 Å². The van der Waals surface area contributed by atoms with Gasteiger partial charge in [-0.05, 0) is 12.1 Å². The molecule has 1 fully saturated rings. The van der Waals surface area contributed by atoms with Crippen LogP contribution in [-0.2, 0) is 6.18 Å². The fraction of sp³-hybridized carbons (Fsp3) is 0.429. The lowest BCUT2D eigenvalue weighted by atomic mass is 10.0. The van der Waals surface area contributed by atoms with Crippen LogP contribution in [0.2, 0.25) is 0 Å². The molecular formula is C14H18Cl2F4N2. The maximum Gasteiger partial charge on any atom is 0.416 e. The second-order valence-corrected chi connectivity index (χ2v) is 4.70. The van der Waals surface area contributed by atoms with Gasteiger partial charge >= 0.3 is 6.18 Å². The predicted molar refractivity (Wildman–Crippen MR) is 83.3 cm³/mol. The van der Waals surface area contributed by atoms with Crippen LogP contribution >= 0.6 is 24.8 Å². The van der Waals surface area contributed by atoms with Crippen LogP contribution < -0.4 is 5.32 Å². The molecule has 126 valence electrons. The third-order valence-electron chi connectivity index (χ3n) is 3.41. The number of hydrogen-bond donors (Lipinski definition) is 1. The summed E-state index contributed by atoms with van der Waals surface area (Å²) < 4.78 is 51.6. The number of nitrogens with zero attached hydrogens (tertiary/aromatic N) is 1. The fourth-order valence-electron chi connectivity index (χ4n) is 2.38. The van der Waals surface area contributed by atoms with Crippen molar-refractivity contribution in [1.82, 2.24) is 10.2 Å². The molecular weight excluding hydrogens is 343 g/mol. The molecule has 0 saturated carbocycles. The van der Waals surface area contributed by atoms with Crippen LogP contribution in [0.5, 0.6) is 0 Å². The van der Waals surface area contributed by atoms with Gasteiger partial charge in [0.25, 0.3) is 0 Å². The van der Waals surface area contributed by atoms with E-state index in [0.29, 0.717) is 19.2 Å². The molecule has 2 nitrogen and oxygen atoms in total. The average molecular weight is 361 g/mol. The van der Waals surface area contributed by atoms with Crippen molar-refractivity contribution in [3.8, 4) is 0 Å². The Bertz CT molecular complexity index is 488. The van der Waals surface area contributed by atoms with Crippen molar-refractivity contribution in [3.63, 3.8) is 0 Å². The van der Waals surface area contributed by atoms with Crippen LogP contribution in [0.25, 0.3) is 0 Å². The standard InChI is InChI=1S/C14H16F4N2.2ClH/c1-2-13(20-7-5-19-6-8-20)11-4-3-10(9-12(11)15)14(16,17)18;;/h2-4,9,13,19H,1,5-8H2;2*1H/t13-;;/m1../s1. The van der Waals surface area contributed by atoms with Gasteiger partial charge in [-0.1, -0.05) is 12.1 Å². The Morgan fingerprint density at radius 1 is 1.18 bits per heavy atom. The van der Waals surface area contributed by atoms with Crippen molar-refractivity contribution in [2.75, 3.05) is 26.2 Å². The molecule has 0 bridgehead atoms. The SMILES string of the molecule is C=C[C@H](c1ccc(C(F)(F)F)cc1F)N1CCNCC1.Cl.Cl. The molecule has 1 saturated heterocycles. The van der Waals surface area contributed by atoms with Crippen LogP contribution in [0, 0.1) is 5.82 Å². The summed E-state index contributed by atoms with van der Waals surface area (Å²) >= 11 is 0. The van der Waals surface area contributed by atoms with Crippen molar-refractivity contribution in [1.29, 1.82) is 0 Å². The molecule has 22 heavy (non-hydrogen) atoms. The first-order valence-corrected chi connectivity index (χ1v) is 6.37. The minimum absolute atomic E-state index is 0. The zero-order chi connectivity index (χ0) is 14.8. The second-order valence-electron chi connectivity index (χ2n) is 4.70. The highest BCUT2D eigenvalue weighted by Gasteiger charge is 2.32. The van der Waals surface area contributed by atoms with E-state index in [2.05, 4.69) is 11.9 Å². The van der Waals surface area contributed by atoms with Gasteiger partial charge in [0.2, 0.25) is 0 Å². The first kappa shape index (κ1) is 21.2. The van der Waals surface area contributed by atoms with E-state index in [9.17, 15) is 17.6 Å². The number of alkyl halides is 3. The van der Waals surface area contributed by atoms with E-state index < -0.39 is 23.6 Å². The summed E-state index contributed by atoms with van der Waals surface area (Å²) in [4.78, 5) is 2.00. The zero-order valence-electron chi connectivity index (χ0n) is 11.7. The van der Waals surface area contributed by atoms with Crippen molar-refractivity contribution < 1.29 is 17.6 Å². The number of rotatable bonds is 3.